The number of aromatic amines is 1. The molecule has 0 saturated heterocycles. The van der Waals surface area contributed by atoms with E-state index in [1.807, 2.05) is 25.1 Å². The number of hydrogen-bond donors (Lipinski definition) is 2. The molecule has 6 nitrogen and oxygen atoms in total. The smallest absolute Gasteiger partial charge is 0.264 e. The first-order valence-corrected chi connectivity index (χ1v) is 7.01. The molecule has 1 aromatic carbocycles. The summed E-state index contributed by atoms with van der Waals surface area (Å²) in [5.41, 5.74) is 3.33. The zero-order valence-corrected chi connectivity index (χ0v) is 12.4. The first-order valence-electron chi connectivity index (χ1n) is 7.01. The number of nitrogens with zero attached hydrogens (tertiary/aromatic N) is 2. The minimum atomic E-state index is -0.257. The predicted molar refractivity (Wildman–Crippen MR) is 87.2 cm³/mol. The van der Waals surface area contributed by atoms with Gasteiger partial charge in [-0.15, -0.1) is 0 Å². The molecule has 2 heterocycles. The van der Waals surface area contributed by atoms with Crippen LogP contribution in [0.25, 0.3) is 11.3 Å². The molecule has 3 aromatic rings. The topological polar surface area (TPSA) is 87.7 Å². The van der Waals surface area contributed by atoms with Crippen LogP contribution >= 0.6 is 0 Å². The van der Waals surface area contributed by atoms with Gasteiger partial charge in [0.1, 0.15) is 0 Å². The van der Waals surface area contributed by atoms with Gasteiger partial charge in [-0.05, 0) is 36.8 Å². The summed E-state index contributed by atoms with van der Waals surface area (Å²) in [7, 11) is 0. The summed E-state index contributed by atoms with van der Waals surface area (Å²) in [4.78, 5) is 27.2. The average molecular weight is 306 g/mol. The van der Waals surface area contributed by atoms with Gasteiger partial charge in [-0.2, -0.15) is 5.10 Å². The summed E-state index contributed by atoms with van der Waals surface area (Å²) in [6, 6.07) is 12.0. The quantitative estimate of drug-likeness (QED) is 0.777. The summed E-state index contributed by atoms with van der Waals surface area (Å²) in [5.74, 6) is -0.206. The van der Waals surface area contributed by atoms with Gasteiger partial charge in [0.2, 0.25) is 0 Å². The number of anilines is 1. The highest BCUT2D eigenvalue weighted by Crippen LogP contribution is 2.23. The van der Waals surface area contributed by atoms with Crippen LogP contribution in [0, 0.1) is 6.92 Å². The van der Waals surface area contributed by atoms with Crippen molar-refractivity contribution < 1.29 is 4.79 Å². The normalized spacial score (nSPS) is 10.3. The zero-order chi connectivity index (χ0) is 16.2. The van der Waals surface area contributed by atoms with Crippen LogP contribution < -0.4 is 10.9 Å². The highest BCUT2D eigenvalue weighted by Gasteiger charge is 2.09. The van der Waals surface area contributed by atoms with Crippen LogP contribution in [0.4, 0.5) is 5.69 Å². The lowest BCUT2D eigenvalue weighted by atomic mass is 10.1. The first-order chi connectivity index (χ1) is 11.1. The molecule has 23 heavy (non-hydrogen) atoms. The van der Waals surface area contributed by atoms with Crippen molar-refractivity contribution in [1.82, 2.24) is 15.2 Å². The van der Waals surface area contributed by atoms with Crippen LogP contribution in [0.1, 0.15) is 15.9 Å². The molecule has 0 aliphatic heterocycles. The number of carbonyl (C=O) groups is 1. The Morgan fingerprint density at radius 3 is 2.57 bits per heavy atom. The summed E-state index contributed by atoms with van der Waals surface area (Å²) in [5, 5.41) is 9.28. The van der Waals surface area contributed by atoms with Crippen LogP contribution in [0.2, 0.25) is 0 Å². The van der Waals surface area contributed by atoms with E-state index in [4.69, 9.17) is 0 Å². The van der Waals surface area contributed by atoms with E-state index in [0.29, 0.717) is 16.9 Å². The third-order valence-corrected chi connectivity index (χ3v) is 3.40. The average Bonchev–Trinajstić information content (AvgIpc) is 2.58. The fraction of sp³-hybridized carbons (Fsp3) is 0.0588. The standard InChI is InChI=1S/C17H14N4O2/c1-11-2-3-13(14-4-5-16(22)21-20-14)10-15(11)19-17(23)12-6-8-18-9-7-12/h2-10H,1H3,(H,19,23)(H,21,22). The van der Waals surface area contributed by atoms with E-state index in [9.17, 15) is 9.59 Å². The molecule has 3 rings (SSSR count). The van der Waals surface area contributed by atoms with Crippen molar-refractivity contribution >= 4 is 11.6 Å². The van der Waals surface area contributed by atoms with Gasteiger partial charge >= 0.3 is 0 Å². The largest absolute Gasteiger partial charge is 0.322 e. The number of rotatable bonds is 3. The molecule has 114 valence electrons. The fourth-order valence-corrected chi connectivity index (χ4v) is 2.12. The van der Waals surface area contributed by atoms with Crippen LogP contribution in [0.15, 0.2) is 59.7 Å². The van der Waals surface area contributed by atoms with Gasteiger partial charge in [0, 0.05) is 35.3 Å². The summed E-state index contributed by atoms with van der Waals surface area (Å²) < 4.78 is 0. The molecule has 0 saturated carbocycles. The van der Waals surface area contributed by atoms with E-state index >= 15 is 0 Å². The number of hydrogen-bond acceptors (Lipinski definition) is 4. The molecule has 2 aromatic heterocycles. The van der Waals surface area contributed by atoms with Crippen molar-refractivity contribution in [3.63, 3.8) is 0 Å². The summed E-state index contributed by atoms with van der Waals surface area (Å²) >= 11 is 0. The van der Waals surface area contributed by atoms with Crippen LogP contribution in [-0.4, -0.2) is 21.1 Å². The van der Waals surface area contributed by atoms with Gasteiger partial charge in [0.25, 0.3) is 11.5 Å². The number of pyridine rings is 1. The first kappa shape index (κ1) is 14.6. The fourth-order valence-electron chi connectivity index (χ4n) is 2.12. The molecule has 0 spiro atoms. The maximum Gasteiger partial charge on any atom is 0.264 e. The van der Waals surface area contributed by atoms with Gasteiger partial charge in [0.15, 0.2) is 0 Å². The SMILES string of the molecule is Cc1ccc(-c2ccc(=O)[nH]n2)cc1NC(=O)c1ccncc1. The Bertz CT molecular complexity index is 883. The van der Waals surface area contributed by atoms with E-state index in [0.717, 1.165) is 11.1 Å². The monoisotopic (exact) mass is 306 g/mol. The number of amides is 1. The van der Waals surface area contributed by atoms with E-state index in [-0.39, 0.29) is 11.5 Å². The lowest BCUT2D eigenvalue weighted by molar-refractivity contribution is 0.102. The number of carbonyl (C=O) groups excluding carboxylic acids is 1. The van der Waals surface area contributed by atoms with Gasteiger partial charge in [-0.1, -0.05) is 12.1 Å². The van der Waals surface area contributed by atoms with E-state index in [1.54, 1.807) is 30.6 Å². The maximum atomic E-state index is 12.3. The van der Waals surface area contributed by atoms with Gasteiger partial charge in [-0.3, -0.25) is 14.6 Å². The lowest BCUT2D eigenvalue weighted by Crippen LogP contribution is -2.13. The summed E-state index contributed by atoms with van der Waals surface area (Å²) in [6.07, 6.45) is 3.14. The van der Waals surface area contributed by atoms with Gasteiger partial charge < -0.3 is 5.32 Å². The Kier molecular flexibility index (Phi) is 3.97. The highest BCUT2D eigenvalue weighted by molar-refractivity contribution is 6.04. The predicted octanol–water partition coefficient (Wildman–Crippen LogP) is 2.39. The van der Waals surface area contributed by atoms with Crippen LogP contribution in [0.3, 0.4) is 0 Å². The number of aryl methyl sites for hydroxylation is 1. The van der Waals surface area contributed by atoms with Crippen molar-refractivity contribution in [1.29, 1.82) is 0 Å². The molecule has 0 aliphatic carbocycles. The molecule has 0 bridgehead atoms. The Labute approximate surface area is 132 Å². The molecule has 0 radical (unpaired) electrons. The second-order valence-electron chi connectivity index (χ2n) is 5.03. The van der Waals surface area contributed by atoms with Crippen LogP contribution in [0.5, 0.6) is 0 Å². The third kappa shape index (κ3) is 3.32. The molecular weight excluding hydrogens is 292 g/mol. The Morgan fingerprint density at radius 2 is 1.87 bits per heavy atom. The Hall–Kier alpha value is -3.28. The highest BCUT2D eigenvalue weighted by atomic mass is 16.1. The van der Waals surface area contributed by atoms with E-state index in [2.05, 4.69) is 20.5 Å². The molecule has 0 fully saturated rings. The summed E-state index contributed by atoms with van der Waals surface area (Å²) in [6.45, 7) is 1.91. The molecule has 2 N–H and O–H groups in total. The van der Waals surface area contributed by atoms with Crippen molar-refractivity contribution in [2.75, 3.05) is 5.32 Å². The maximum absolute atomic E-state index is 12.3. The molecule has 1 amide bonds. The number of benzene rings is 1. The van der Waals surface area contributed by atoms with Crippen LogP contribution in [-0.2, 0) is 0 Å². The van der Waals surface area contributed by atoms with Crippen molar-refractivity contribution in [3.8, 4) is 11.3 Å². The van der Waals surface area contributed by atoms with E-state index < -0.39 is 0 Å². The van der Waals surface area contributed by atoms with Gasteiger partial charge in [-0.25, -0.2) is 5.10 Å². The minimum Gasteiger partial charge on any atom is -0.322 e. The second kappa shape index (κ2) is 6.23. The Balaban J connectivity index is 1.90. The Morgan fingerprint density at radius 1 is 1.09 bits per heavy atom. The number of H-pyrrole nitrogens is 1. The third-order valence-electron chi connectivity index (χ3n) is 3.40. The second-order valence-corrected chi connectivity index (χ2v) is 5.03. The molecule has 0 aliphatic rings. The van der Waals surface area contributed by atoms with Crippen molar-refractivity contribution in [3.05, 3.63) is 76.3 Å². The van der Waals surface area contributed by atoms with Gasteiger partial charge in [0.05, 0.1) is 5.69 Å². The van der Waals surface area contributed by atoms with Crippen molar-refractivity contribution in [2.45, 2.75) is 6.92 Å². The molecule has 0 unspecified atom stereocenters. The zero-order valence-electron chi connectivity index (χ0n) is 12.4. The van der Waals surface area contributed by atoms with Crippen molar-refractivity contribution in [2.24, 2.45) is 0 Å². The molecule has 0 atom stereocenters. The lowest BCUT2D eigenvalue weighted by Gasteiger charge is -2.10. The number of aromatic nitrogens is 3. The molecule has 6 heteroatoms. The molecular formula is C17H14N4O2. The minimum absolute atomic E-state index is 0.206. The number of nitrogens with one attached hydrogen (secondary N) is 2. The van der Waals surface area contributed by atoms with E-state index in [1.165, 1.54) is 6.07 Å².